The van der Waals surface area contributed by atoms with Crippen molar-refractivity contribution in [2.75, 3.05) is 13.7 Å². The molecule has 0 saturated carbocycles. The molecule has 0 aromatic heterocycles. The molecular formula is C13H22O4. The number of carbonyl (C=O) groups is 2. The molecule has 98 valence electrons. The lowest BCUT2D eigenvalue weighted by atomic mass is 10.1. The second-order valence-corrected chi connectivity index (χ2v) is 4.27. The topological polar surface area (TPSA) is 52.6 Å². The lowest BCUT2D eigenvalue weighted by molar-refractivity contribution is -0.144. The second-order valence-electron chi connectivity index (χ2n) is 4.27. The van der Waals surface area contributed by atoms with Crippen LogP contribution in [0.5, 0.6) is 0 Å². The minimum absolute atomic E-state index is 0.00176. The summed E-state index contributed by atoms with van der Waals surface area (Å²) in [5.41, 5.74) is 0.409. The Hall–Kier alpha value is -1.32. The lowest BCUT2D eigenvalue weighted by Gasteiger charge is -2.08. The highest BCUT2D eigenvalue weighted by molar-refractivity contribution is 5.89. The third-order valence-corrected chi connectivity index (χ3v) is 2.09. The first-order valence-electron chi connectivity index (χ1n) is 5.94. The summed E-state index contributed by atoms with van der Waals surface area (Å²) in [5, 5.41) is 0. The number of ether oxygens (including phenoxy) is 2. The Labute approximate surface area is 103 Å². The van der Waals surface area contributed by atoms with Crippen LogP contribution < -0.4 is 0 Å². The SMILES string of the molecule is CCCC=C(COC(=O)CC(C)C)C(=O)OC. The molecule has 0 atom stereocenters. The number of rotatable bonds is 7. The number of esters is 2. The van der Waals surface area contributed by atoms with E-state index in [-0.39, 0.29) is 18.5 Å². The van der Waals surface area contributed by atoms with Crippen LogP contribution in [-0.4, -0.2) is 25.7 Å². The van der Waals surface area contributed by atoms with Gasteiger partial charge in [0.15, 0.2) is 0 Å². The van der Waals surface area contributed by atoms with E-state index in [1.807, 2.05) is 20.8 Å². The summed E-state index contributed by atoms with van der Waals surface area (Å²) in [7, 11) is 1.32. The molecule has 0 aromatic carbocycles. The zero-order chi connectivity index (χ0) is 13.3. The average molecular weight is 242 g/mol. The molecule has 0 fully saturated rings. The molecule has 0 aliphatic heterocycles. The van der Waals surface area contributed by atoms with Gasteiger partial charge in [-0.25, -0.2) is 4.79 Å². The van der Waals surface area contributed by atoms with Gasteiger partial charge in [-0.15, -0.1) is 0 Å². The standard InChI is InChI=1S/C13H22O4/c1-5-6-7-11(13(15)16-4)9-17-12(14)8-10(2)3/h7,10H,5-6,8-9H2,1-4H3. The molecule has 0 aliphatic rings. The highest BCUT2D eigenvalue weighted by atomic mass is 16.5. The monoisotopic (exact) mass is 242 g/mol. The predicted octanol–water partition coefficient (Wildman–Crippen LogP) is 2.48. The number of methoxy groups -OCH3 is 1. The van der Waals surface area contributed by atoms with Gasteiger partial charge in [-0.1, -0.05) is 33.3 Å². The maximum atomic E-state index is 11.4. The van der Waals surface area contributed by atoms with E-state index >= 15 is 0 Å². The van der Waals surface area contributed by atoms with Gasteiger partial charge in [0.2, 0.25) is 0 Å². The first-order chi connectivity index (χ1) is 8.01. The van der Waals surface area contributed by atoms with Gasteiger partial charge < -0.3 is 9.47 Å². The smallest absolute Gasteiger partial charge is 0.336 e. The Morgan fingerprint density at radius 1 is 1.29 bits per heavy atom. The Kier molecular flexibility index (Phi) is 8.11. The van der Waals surface area contributed by atoms with Crippen LogP contribution in [0.2, 0.25) is 0 Å². The number of carbonyl (C=O) groups excluding carboxylic acids is 2. The zero-order valence-electron chi connectivity index (χ0n) is 11.1. The van der Waals surface area contributed by atoms with Crippen molar-refractivity contribution in [2.45, 2.75) is 40.0 Å². The van der Waals surface area contributed by atoms with E-state index in [0.717, 1.165) is 12.8 Å². The first kappa shape index (κ1) is 15.7. The predicted molar refractivity (Wildman–Crippen MR) is 65.4 cm³/mol. The molecule has 0 heterocycles. The number of allylic oxidation sites excluding steroid dienone is 1. The normalized spacial score (nSPS) is 11.5. The minimum Gasteiger partial charge on any atom is -0.466 e. The molecule has 0 rings (SSSR count). The summed E-state index contributed by atoms with van der Waals surface area (Å²) in [6.07, 6.45) is 3.82. The molecule has 0 amide bonds. The van der Waals surface area contributed by atoms with Crippen molar-refractivity contribution in [1.82, 2.24) is 0 Å². The van der Waals surface area contributed by atoms with Crippen LogP contribution in [0.1, 0.15) is 40.0 Å². The molecule has 0 bridgehead atoms. The van der Waals surface area contributed by atoms with Gasteiger partial charge in [0.25, 0.3) is 0 Å². The second kappa shape index (κ2) is 8.79. The number of hydrogen-bond donors (Lipinski definition) is 0. The number of unbranched alkanes of at least 4 members (excludes halogenated alkanes) is 1. The highest BCUT2D eigenvalue weighted by Gasteiger charge is 2.13. The third kappa shape index (κ3) is 7.55. The number of hydrogen-bond acceptors (Lipinski definition) is 4. The summed E-state index contributed by atoms with van der Waals surface area (Å²) >= 11 is 0. The van der Waals surface area contributed by atoms with Crippen LogP contribution in [0.25, 0.3) is 0 Å². The quantitative estimate of drug-likeness (QED) is 0.508. The lowest BCUT2D eigenvalue weighted by Crippen LogP contribution is -2.15. The molecule has 0 aliphatic carbocycles. The van der Waals surface area contributed by atoms with Crippen molar-refractivity contribution in [3.63, 3.8) is 0 Å². The summed E-state index contributed by atoms with van der Waals surface area (Å²) < 4.78 is 9.65. The van der Waals surface area contributed by atoms with Crippen LogP contribution in [0, 0.1) is 5.92 Å². The average Bonchev–Trinajstić information content (AvgIpc) is 2.27. The summed E-state index contributed by atoms with van der Waals surface area (Å²) in [6, 6.07) is 0. The molecule has 0 N–H and O–H groups in total. The van der Waals surface area contributed by atoms with Gasteiger partial charge in [-0.3, -0.25) is 4.79 Å². The van der Waals surface area contributed by atoms with E-state index in [1.54, 1.807) is 6.08 Å². The van der Waals surface area contributed by atoms with Crippen LogP contribution >= 0.6 is 0 Å². The minimum atomic E-state index is -0.434. The van der Waals surface area contributed by atoms with Crippen LogP contribution in [0.3, 0.4) is 0 Å². The van der Waals surface area contributed by atoms with E-state index in [0.29, 0.717) is 12.0 Å². The van der Waals surface area contributed by atoms with Crippen molar-refractivity contribution in [1.29, 1.82) is 0 Å². The Morgan fingerprint density at radius 3 is 2.41 bits per heavy atom. The fourth-order valence-corrected chi connectivity index (χ4v) is 1.20. The van der Waals surface area contributed by atoms with Crippen molar-refractivity contribution in [3.8, 4) is 0 Å². The summed E-state index contributed by atoms with van der Waals surface area (Å²) in [6.45, 7) is 5.89. The third-order valence-electron chi connectivity index (χ3n) is 2.09. The molecule has 17 heavy (non-hydrogen) atoms. The molecular weight excluding hydrogens is 220 g/mol. The van der Waals surface area contributed by atoms with Crippen LogP contribution in [-0.2, 0) is 19.1 Å². The molecule has 4 heteroatoms. The molecule has 0 saturated heterocycles. The van der Waals surface area contributed by atoms with Gasteiger partial charge in [0.05, 0.1) is 12.7 Å². The van der Waals surface area contributed by atoms with E-state index in [2.05, 4.69) is 4.74 Å². The van der Waals surface area contributed by atoms with Gasteiger partial charge in [-0.05, 0) is 12.3 Å². The van der Waals surface area contributed by atoms with Gasteiger partial charge in [0, 0.05) is 6.42 Å². The Morgan fingerprint density at radius 2 is 1.94 bits per heavy atom. The molecule has 0 aromatic rings. The van der Waals surface area contributed by atoms with Gasteiger partial charge in [0.1, 0.15) is 6.61 Å². The fourth-order valence-electron chi connectivity index (χ4n) is 1.20. The van der Waals surface area contributed by atoms with Gasteiger partial charge >= 0.3 is 11.9 Å². The first-order valence-corrected chi connectivity index (χ1v) is 5.94. The molecule has 0 radical (unpaired) electrons. The van der Waals surface area contributed by atoms with Gasteiger partial charge in [-0.2, -0.15) is 0 Å². The van der Waals surface area contributed by atoms with Crippen molar-refractivity contribution < 1.29 is 19.1 Å². The molecule has 0 unspecified atom stereocenters. The summed E-state index contributed by atoms with van der Waals surface area (Å²) in [5.74, 6) is -0.467. The van der Waals surface area contributed by atoms with Crippen LogP contribution in [0.15, 0.2) is 11.6 Å². The van der Waals surface area contributed by atoms with E-state index < -0.39 is 5.97 Å². The van der Waals surface area contributed by atoms with Crippen molar-refractivity contribution in [2.24, 2.45) is 5.92 Å². The Balaban J connectivity index is 4.26. The fraction of sp³-hybridized carbons (Fsp3) is 0.692. The van der Waals surface area contributed by atoms with Crippen molar-refractivity contribution >= 4 is 11.9 Å². The largest absolute Gasteiger partial charge is 0.466 e. The Bertz CT molecular complexity index is 279. The maximum absolute atomic E-state index is 11.4. The zero-order valence-corrected chi connectivity index (χ0v) is 11.1. The van der Waals surface area contributed by atoms with E-state index in [1.165, 1.54) is 7.11 Å². The van der Waals surface area contributed by atoms with Crippen molar-refractivity contribution in [3.05, 3.63) is 11.6 Å². The van der Waals surface area contributed by atoms with E-state index in [4.69, 9.17) is 4.74 Å². The highest BCUT2D eigenvalue weighted by Crippen LogP contribution is 2.06. The molecule has 4 nitrogen and oxygen atoms in total. The van der Waals surface area contributed by atoms with Crippen LogP contribution in [0.4, 0.5) is 0 Å². The summed E-state index contributed by atoms with van der Waals surface area (Å²) in [4.78, 5) is 22.7. The molecule has 0 spiro atoms. The maximum Gasteiger partial charge on any atom is 0.336 e. The van der Waals surface area contributed by atoms with E-state index in [9.17, 15) is 9.59 Å².